The van der Waals surface area contributed by atoms with Gasteiger partial charge < -0.3 is 9.64 Å². The molecule has 156 valence electrons. The second-order valence-electron chi connectivity index (χ2n) is 6.98. The lowest BCUT2D eigenvalue weighted by molar-refractivity contribution is -0.134. The van der Waals surface area contributed by atoms with Gasteiger partial charge in [0.2, 0.25) is 0 Å². The molecule has 1 N–H and O–H groups in total. The number of H-pyrrole nitrogens is 1. The van der Waals surface area contributed by atoms with E-state index in [9.17, 15) is 14.4 Å². The van der Waals surface area contributed by atoms with Crippen LogP contribution in [-0.4, -0.2) is 45.0 Å². The highest BCUT2D eigenvalue weighted by Gasteiger charge is 2.26. The number of carbonyl (C=O) groups is 1. The molecule has 1 aliphatic rings. The number of nitrogens with one attached hydrogen (secondary N) is 1. The van der Waals surface area contributed by atoms with Crippen LogP contribution in [0.3, 0.4) is 0 Å². The largest absolute Gasteiger partial charge is 0.482 e. The molecular weight excluding hydrogens is 431 g/mol. The number of hydrogen-bond acceptors (Lipinski definition) is 5. The Balaban J connectivity index is 1.41. The average Bonchev–Trinajstić information content (AvgIpc) is 2.73. The van der Waals surface area contributed by atoms with Crippen molar-refractivity contribution in [3.63, 3.8) is 0 Å². The maximum atomic E-state index is 12.8. The van der Waals surface area contributed by atoms with E-state index in [1.807, 2.05) is 0 Å². The maximum absolute atomic E-state index is 12.8. The molecule has 4 rings (SSSR count). The monoisotopic (exact) mass is 448 g/mol. The molecule has 1 saturated heterocycles. The van der Waals surface area contributed by atoms with Crippen LogP contribution in [0.5, 0.6) is 5.75 Å². The molecule has 1 amide bonds. The number of fused-ring (bicyclic) bond motifs is 1. The quantitative estimate of drug-likeness (QED) is 0.661. The lowest BCUT2D eigenvalue weighted by Gasteiger charge is -2.32. The number of benzene rings is 1. The van der Waals surface area contributed by atoms with Gasteiger partial charge >= 0.3 is 5.69 Å². The second kappa shape index (κ2) is 8.49. The molecular formula is C20H18Cl2N4O4. The molecule has 0 saturated carbocycles. The molecule has 0 bridgehead atoms. The van der Waals surface area contributed by atoms with Crippen LogP contribution in [0.15, 0.2) is 46.1 Å². The standard InChI is InChI=1S/C20H18Cl2N4O4/c21-12-3-4-16(15(22)10-12)30-11-17(27)25-8-5-13(6-9-25)26-19(28)14-2-1-7-23-18(14)24-20(26)29/h1-4,7,10,13H,5-6,8-9,11H2,(H,23,24,29). The van der Waals surface area contributed by atoms with Crippen molar-refractivity contribution in [2.24, 2.45) is 0 Å². The number of pyridine rings is 1. The summed E-state index contributed by atoms with van der Waals surface area (Å²) in [5.74, 6) is 0.190. The summed E-state index contributed by atoms with van der Waals surface area (Å²) in [4.78, 5) is 46.0. The van der Waals surface area contributed by atoms with Gasteiger partial charge in [-0.2, -0.15) is 0 Å². The Kier molecular flexibility index (Phi) is 5.78. The Morgan fingerprint density at radius 1 is 1.20 bits per heavy atom. The first-order valence-corrected chi connectivity index (χ1v) is 10.1. The number of amides is 1. The van der Waals surface area contributed by atoms with Crippen LogP contribution in [0.25, 0.3) is 11.0 Å². The van der Waals surface area contributed by atoms with E-state index in [-0.39, 0.29) is 29.8 Å². The van der Waals surface area contributed by atoms with Gasteiger partial charge in [-0.05, 0) is 43.2 Å². The van der Waals surface area contributed by atoms with Crippen LogP contribution >= 0.6 is 23.2 Å². The van der Waals surface area contributed by atoms with E-state index in [1.54, 1.807) is 35.2 Å². The molecule has 2 aromatic heterocycles. The van der Waals surface area contributed by atoms with Crippen LogP contribution in [0.1, 0.15) is 18.9 Å². The van der Waals surface area contributed by atoms with E-state index in [1.165, 1.54) is 10.8 Å². The van der Waals surface area contributed by atoms with E-state index in [4.69, 9.17) is 27.9 Å². The lowest BCUT2D eigenvalue weighted by atomic mass is 10.0. The van der Waals surface area contributed by atoms with Gasteiger partial charge in [0.05, 0.1) is 10.4 Å². The van der Waals surface area contributed by atoms with Gasteiger partial charge in [-0.1, -0.05) is 23.2 Å². The van der Waals surface area contributed by atoms with E-state index in [0.29, 0.717) is 47.1 Å². The molecule has 0 spiro atoms. The third-order valence-corrected chi connectivity index (χ3v) is 5.66. The van der Waals surface area contributed by atoms with Crippen molar-refractivity contribution in [3.05, 3.63) is 67.4 Å². The fourth-order valence-corrected chi connectivity index (χ4v) is 4.05. The summed E-state index contributed by atoms with van der Waals surface area (Å²) in [7, 11) is 0. The zero-order chi connectivity index (χ0) is 21.3. The maximum Gasteiger partial charge on any atom is 0.330 e. The Labute approximate surface area is 181 Å². The van der Waals surface area contributed by atoms with Crippen molar-refractivity contribution >= 4 is 40.1 Å². The molecule has 8 nitrogen and oxygen atoms in total. The summed E-state index contributed by atoms with van der Waals surface area (Å²) in [5, 5.41) is 1.18. The Hall–Kier alpha value is -2.84. The van der Waals surface area contributed by atoms with Gasteiger partial charge in [0, 0.05) is 30.4 Å². The summed E-state index contributed by atoms with van der Waals surface area (Å²) in [6, 6.07) is 7.78. The van der Waals surface area contributed by atoms with Gasteiger partial charge in [-0.15, -0.1) is 0 Å². The number of hydrogen-bond donors (Lipinski definition) is 1. The van der Waals surface area contributed by atoms with Crippen LogP contribution in [0.4, 0.5) is 0 Å². The first-order valence-electron chi connectivity index (χ1n) is 9.39. The Bertz CT molecular complexity index is 1220. The second-order valence-corrected chi connectivity index (χ2v) is 7.82. The Morgan fingerprint density at radius 2 is 1.97 bits per heavy atom. The zero-order valence-electron chi connectivity index (χ0n) is 15.8. The van der Waals surface area contributed by atoms with Gasteiger partial charge in [0.1, 0.15) is 11.4 Å². The third kappa shape index (κ3) is 4.06. The first kappa shape index (κ1) is 20.4. The summed E-state index contributed by atoms with van der Waals surface area (Å²) in [5.41, 5.74) is -0.585. The van der Waals surface area contributed by atoms with Crippen molar-refractivity contribution < 1.29 is 9.53 Å². The SMILES string of the molecule is O=C(COc1ccc(Cl)cc1Cl)N1CCC(n2c(=O)[nH]c3ncccc3c2=O)CC1. The highest BCUT2D eigenvalue weighted by atomic mass is 35.5. The number of aromatic nitrogens is 3. The number of ether oxygens (including phenoxy) is 1. The third-order valence-electron chi connectivity index (χ3n) is 5.13. The molecule has 0 atom stereocenters. The molecule has 0 radical (unpaired) electrons. The van der Waals surface area contributed by atoms with Crippen LogP contribution in [0, 0.1) is 0 Å². The van der Waals surface area contributed by atoms with Gasteiger partial charge in [-0.3, -0.25) is 19.1 Å². The van der Waals surface area contributed by atoms with Crippen LogP contribution < -0.4 is 16.0 Å². The minimum absolute atomic E-state index is 0.159. The number of likely N-dealkylation sites (tertiary alicyclic amines) is 1. The van der Waals surface area contributed by atoms with Crippen molar-refractivity contribution in [1.82, 2.24) is 19.4 Å². The van der Waals surface area contributed by atoms with E-state index in [0.717, 1.165) is 0 Å². The molecule has 0 aliphatic carbocycles. The summed E-state index contributed by atoms with van der Waals surface area (Å²) in [6.45, 7) is 0.671. The molecule has 1 fully saturated rings. The van der Waals surface area contributed by atoms with Gasteiger partial charge in [0.25, 0.3) is 11.5 Å². The van der Waals surface area contributed by atoms with E-state index in [2.05, 4.69) is 9.97 Å². The molecule has 30 heavy (non-hydrogen) atoms. The topological polar surface area (TPSA) is 97.3 Å². The number of nitrogens with zero attached hydrogens (tertiary/aromatic N) is 3. The minimum atomic E-state index is -0.489. The zero-order valence-corrected chi connectivity index (χ0v) is 17.3. The van der Waals surface area contributed by atoms with Crippen molar-refractivity contribution in [2.75, 3.05) is 19.7 Å². The predicted octanol–water partition coefficient (Wildman–Crippen LogP) is 2.63. The van der Waals surface area contributed by atoms with E-state index >= 15 is 0 Å². The van der Waals surface area contributed by atoms with Crippen molar-refractivity contribution in [1.29, 1.82) is 0 Å². The van der Waals surface area contributed by atoms with E-state index < -0.39 is 5.69 Å². The highest BCUT2D eigenvalue weighted by Crippen LogP contribution is 2.27. The molecule has 1 aliphatic heterocycles. The van der Waals surface area contributed by atoms with Crippen molar-refractivity contribution in [2.45, 2.75) is 18.9 Å². The van der Waals surface area contributed by atoms with Gasteiger partial charge in [0.15, 0.2) is 6.61 Å². The summed E-state index contributed by atoms with van der Waals surface area (Å²) in [6.07, 6.45) is 2.50. The highest BCUT2D eigenvalue weighted by molar-refractivity contribution is 6.35. The average molecular weight is 449 g/mol. The first-order chi connectivity index (χ1) is 14.4. The summed E-state index contributed by atoms with van der Waals surface area (Å²) >= 11 is 11.9. The number of rotatable bonds is 4. The molecule has 3 heterocycles. The van der Waals surface area contributed by atoms with Crippen LogP contribution in [-0.2, 0) is 4.79 Å². The smallest absolute Gasteiger partial charge is 0.330 e. The number of aromatic amines is 1. The fourth-order valence-electron chi connectivity index (χ4n) is 3.59. The fraction of sp³-hybridized carbons (Fsp3) is 0.300. The summed E-state index contributed by atoms with van der Waals surface area (Å²) < 4.78 is 6.74. The molecule has 3 aromatic rings. The van der Waals surface area contributed by atoms with Gasteiger partial charge in [-0.25, -0.2) is 9.78 Å². The number of carbonyl (C=O) groups excluding carboxylic acids is 1. The normalized spacial score (nSPS) is 14.8. The lowest BCUT2D eigenvalue weighted by Crippen LogP contribution is -2.46. The molecule has 0 unspecified atom stereocenters. The number of halogens is 2. The number of piperidine rings is 1. The van der Waals surface area contributed by atoms with Crippen LogP contribution in [0.2, 0.25) is 10.0 Å². The Morgan fingerprint density at radius 3 is 2.70 bits per heavy atom. The predicted molar refractivity (Wildman–Crippen MR) is 113 cm³/mol. The van der Waals surface area contributed by atoms with Crippen molar-refractivity contribution in [3.8, 4) is 5.75 Å². The minimum Gasteiger partial charge on any atom is -0.482 e. The molecule has 10 heteroatoms. The molecule has 1 aromatic carbocycles.